The second-order valence-corrected chi connectivity index (χ2v) is 19.2. The monoisotopic (exact) mass is 1280 g/mol. The van der Waals surface area contributed by atoms with E-state index in [0.717, 1.165) is 92.9 Å². The number of aliphatic hydroxyl groups is 2. The van der Waals surface area contributed by atoms with Crippen LogP contribution >= 0.6 is 0 Å². The molecule has 88 heavy (non-hydrogen) atoms. The molecule has 9 rings (SSSR count). The molecule has 0 saturated carbocycles. The van der Waals surface area contributed by atoms with E-state index >= 15 is 0 Å². The van der Waals surface area contributed by atoms with Crippen molar-refractivity contribution >= 4 is 0 Å². The highest BCUT2D eigenvalue weighted by Crippen LogP contribution is 2.16. The van der Waals surface area contributed by atoms with E-state index in [-0.39, 0.29) is 18.9 Å². The molecule has 9 aliphatic heterocycles. The van der Waals surface area contributed by atoms with Crippen molar-refractivity contribution in [2.75, 3.05) is 95.0 Å². The Morgan fingerprint density at radius 2 is 0.307 bits per heavy atom. The van der Waals surface area contributed by atoms with Crippen LogP contribution in [-0.2, 0) is 56.8 Å². The van der Waals surface area contributed by atoms with E-state index in [1.165, 1.54) is 154 Å². The van der Waals surface area contributed by atoms with Crippen molar-refractivity contribution in [2.45, 2.75) is 395 Å². The second kappa shape index (κ2) is 114. The maximum Gasteiger partial charge on any atom is 0.157 e. The van der Waals surface area contributed by atoms with Crippen LogP contribution in [0.4, 0.5) is 0 Å². The summed E-state index contributed by atoms with van der Waals surface area (Å²) in [6.45, 7) is 57.4. The van der Waals surface area contributed by atoms with Gasteiger partial charge < -0.3 is 67.1 Å². The van der Waals surface area contributed by atoms with Gasteiger partial charge in [-0.2, -0.15) is 0 Å². The molecule has 14 nitrogen and oxygen atoms in total. The first-order chi connectivity index (χ1) is 43.2. The minimum Gasteiger partial charge on any atom is -0.400 e. The Hall–Kier alpha value is -0.560. The molecular formula is C74H170O14. The highest BCUT2D eigenvalue weighted by Gasteiger charge is 2.14. The Kier molecular flexibility index (Phi) is 145. The van der Waals surface area contributed by atoms with Crippen LogP contribution in [0.25, 0.3) is 0 Å². The maximum absolute atomic E-state index is 7.00. The summed E-state index contributed by atoms with van der Waals surface area (Å²) in [5, 5.41) is 14.0. The zero-order valence-corrected chi connectivity index (χ0v) is 65.4. The van der Waals surface area contributed by atoms with Crippen molar-refractivity contribution in [2.24, 2.45) is 0 Å². The predicted octanol–water partition coefficient (Wildman–Crippen LogP) is 21.4. The quantitative estimate of drug-likeness (QED) is 0.276. The molecule has 0 aromatic rings. The Labute approximate surface area is 554 Å². The van der Waals surface area contributed by atoms with E-state index in [4.69, 9.17) is 67.1 Å². The number of aliphatic hydroxyl groups excluding tert-OH is 2. The van der Waals surface area contributed by atoms with Crippen LogP contribution in [-0.4, -0.2) is 161 Å². The molecule has 9 aliphatic rings. The van der Waals surface area contributed by atoms with Crippen LogP contribution in [0.2, 0.25) is 0 Å². The smallest absolute Gasteiger partial charge is 0.157 e. The van der Waals surface area contributed by atoms with Gasteiger partial charge in [0.15, 0.2) is 18.9 Å². The second-order valence-electron chi connectivity index (χ2n) is 19.2. The van der Waals surface area contributed by atoms with Gasteiger partial charge in [-0.3, -0.25) is 0 Å². The first-order valence-corrected chi connectivity index (χ1v) is 37.2. The van der Waals surface area contributed by atoms with Gasteiger partial charge in [-0.15, -0.1) is 0 Å². The molecule has 9 heterocycles. The van der Waals surface area contributed by atoms with E-state index < -0.39 is 0 Å². The number of ether oxygens (including phenoxy) is 12. The zero-order valence-electron chi connectivity index (χ0n) is 65.4. The summed E-state index contributed by atoms with van der Waals surface area (Å²) in [4.78, 5) is 0. The molecule has 0 spiro atoms. The first kappa shape index (κ1) is 112. The van der Waals surface area contributed by atoms with Crippen molar-refractivity contribution in [3.8, 4) is 0 Å². The zero-order chi connectivity index (χ0) is 70.1. The lowest BCUT2D eigenvalue weighted by atomic mass is 10.1. The summed E-state index contributed by atoms with van der Waals surface area (Å²) in [6.07, 6.45) is 37.4. The Morgan fingerprint density at radius 1 is 0.193 bits per heavy atom. The summed E-state index contributed by atoms with van der Waals surface area (Å²) in [7, 11) is 7.07. The lowest BCUT2D eigenvalue weighted by Crippen LogP contribution is -2.20. The van der Waals surface area contributed by atoms with Gasteiger partial charge in [-0.05, 0) is 215 Å². The standard InChI is InChI=1S/3C6H12O2.6C6H12O.9C2H6.2CH4O/c3*1-7-6-4-2-3-5-8-6;6*1-6-4-2-3-5-7-6;11*1-2/h3*6H,2-5H2,1H3;6*6H,2-5H2,1H3;9*1-2H3;2*2H,1H3/t9*6-;;;;;;;;;;;/m111100000.........../s1. The van der Waals surface area contributed by atoms with Crippen LogP contribution in [0.3, 0.4) is 0 Å². The first-order valence-electron chi connectivity index (χ1n) is 37.2. The largest absolute Gasteiger partial charge is 0.400 e. The van der Waals surface area contributed by atoms with E-state index in [0.29, 0.717) is 36.6 Å². The van der Waals surface area contributed by atoms with Crippen LogP contribution in [0, 0.1) is 0 Å². The number of hydrogen-bond acceptors (Lipinski definition) is 14. The highest BCUT2D eigenvalue weighted by atomic mass is 16.7. The third-order valence-corrected chi connectivity index (χ3v) is 12.6. The molecule has 0 aromatic heterocycles. The molecule has 0 bridgehead atoms. The Balaban J connectivity index is -0.0000000810. The molecule has 9 saturated heterocycles. The van der Waals surface area contributed by atoms with Crippen LogP contribution in [0.5, 0.6) is 0 Å². The van der Waals surface area contributed by atoms with Crippen molar-refractivity contribution in [1.29, 1.82) is 0 Å². The summed E-state index contributed by atoms with van der Waals surface area (Å²) in [5.74, 6) is 0. The molecule has 14 heteroatoms. The van der Waals surface area contributed by atoms with Gasteiger partial charge in [0.1, 0.15) is 0 Å². The van der Waals surface area contributed by atoms with E-state index in [2.05, 4.69) is 41.5 Å². The summed E-state index contributed by atoms with van der Waals surface area (Å²) < 4.78 is 62.2. The lowest BCUT2D eigenvalue weighted by Gasteiger charge is -2.20. The summed E-state index contributed by atoms with van der Waals surface area (Å²) in [5.41, 5.74) is 0. The summed E-state index contributed by atoms with van der Waals surface area (Å²) in [6, 6.07) is 0. The molecular weight excluding hydrogens is 1110 g/mol. The number of methoxy groups -OCH3 is 3. The third-order valence-electron chi connectivity index (χ3n) is 12.6. The van der Waals surface area contributed by atoms with Crippen LogP contribution < -0.4 is 0 Å². The van der Waals surface area contributed by atoms with Crippen LogP contribution in [0.1, 0.15) is 340 Å². The van der Waals surface area contributed by atoms with Gasteiger partial charge in [0.25, 0.3) is 0 Å². The summed E-state index contributed by atoms with van der Waals surface area (Å²) >= 11 is 0. The predicted molar refractivity (Wildman–Crippen MR) is 386 cm³/mol. The highest BCUT2D eigenvalue weighted by molar-refractivity contribution is 4.60. The van der Waals surface area contributed by atoms with Gasteiger partial charge in [0, 0.05) is 95.0 Å². The van der Waals surface area contributed by atoms with Crippen molar-refractivity contribution in [3.05, 3.63) is 0 Å². The Morgan fingerprint density at radius 3 is 0.352 bits per heavy atom. The van der Waals surface area contributed by atoms with Crippen LogP contribution in [0.15, 0.2) is 0 Å². The average molecular weight is 1280 g/mol. The SMILES string of the molecule is CC.CC.CC.CC.CC.CC.CC.CC.CC.CO.CO.CO[C@H]1CCCCO1.CO[C@H]1CCCCO1.CO[C@H]1CCCCO1.C[C@@H]1CCCCO1.C[C@H]1CCCCO1.C[C@H]1CCCCO1.C[C@H]1CCCCO1.C[C@H]1CCCCO1.C[C@H]1CCCCO1. The fourth-order valence-corrected chi connectivity index (χ4v) is 8.10. The molecule has 0 unspecified atom stereocenters. The van der Waals surface area contributed by atoms with E-state index in [1.54, 1.807) is 21.3 Å². The molecule has 0 radical (unpaired) electrons. The van der Waals surface area contributed by atoms with E-state index in [1.807, 2.05) is 125 Å². The molecule has 9 fully saturated rings. The lowest BCUT2D eigenvalue weighted by molar-refractivity contribution is -0.145. The van der Waals surface area contributed by atoms with Gasteiger partial charge in [-0.1, -0.05) is 125 Å². The number of hydrogen-bond donors (Lipinski definition) is 2. The van der Waals surface area contributed by atoms with Gasteiger partial charge in [-0.25, -0.2) is 0 Å². The van der Waals surface area contributed by atoms with Gasteiger partial charge in [0.2, 0.25) is 0 Å². The molecule has 0 aliphatic carbocycles. The third kappa shape index (κ3) is 102. The maximum atomic E-state index is 7.00. The van der Waals surface area contributed by atoms with Crippen molar-refractivity contribution < 1.29 is 67.1 Å². The topological polar surface area (TPSA) is 151 Å². The van der Waals surface area contributed by atoms with Crippen molar-refractivity contribution in [3.63, 3.8) is 0 Å². The molecule has 0 aromatic carbocycles. The molecule has 0 amide bonds. The number of rotatable bonds is 3. The molecule has 2 N–H and O–H groups in total. The fraction of sp³-hybridized carbons (Fsp3) is 1.00. The van der Waals surface area contributed by atoms with Crippen molar-refractivity contribution in [1.82, 2.24) is 0 Å². The fourth-order valence-electron chi connectivity index (χ4n) is 8.10. The van der Waals surface area contributed by atoms with E-state index in [9.17, 15) is 0 Å². The minimum absolute atomic E-state index is 0.0868. The average Bonchev–Trinajstić information content (AvgIpc) is 3.64. The Bertz CT molecular complexity index is 769. The minimum atomic E-state index is 0.0868. The molecule has 9 atom stereocenters. The molecule has 550 valence electrons. The van der Waals surface area contributed by atoms with Gasteiger partial charge >= 0.3 is 0 Å². The normalized spacial score (nSPS) is 24.8. The van der Waals surface area contributed by atoms with Gasteiger partial charge in [0.05, 0.1) is 36.6 Å².